The maximum Gasteiger partial charge on any atom is 0.290 e. The number of halogens is 1. The van der Waals surface area contributed by atoms with Crippen molar-refractivity contribution in [3.05, 3.63) is 31.6 Å². The number of rotatable bonds is 1. The molecule has 0 aromatic carbocycles. The Morgan fingerprint density at radius 3 is 2.73 bits per heavy atom. The van der Waals surface area contributed by atoms with Crippen molar-refractivity contribution in [2.75, 3.05) is 0 Å². The van der Waals surface area contributed by atoms with E-state index in [1.165, 1.54) is 6.07 Å². The van der Waals surface area contributed by atoms with Crippen molar-refractivity contribution in [3.8, 4) is 0 Å². The molecule has 0 aliphatic carbocycles. The van der Waals surface area contributed by atoms with Gasteiger partial charge in [0.05, 0.1) is 4.92 Å². The molecule has 0 fully saturated rings. The van der Waals surface area contributed by atoms with Gasteiger partial charge in [-0.3, -0.25) is 10.1 Å². The molecule has 1 aromatic rings. The molecule has 0 unspecified atom stereocenters. The van der Waals surface area contributed by atoms with Crippen molar-refractivity contribution >= 4 is 28.3 Å². The summed E-state index contributed by atoms with van der Waals surface area (Å²) in [5.41, 5.74) is 0.535. The van der Waals surface area contributed by atoms with Gasteiger partial charge in [-0.1, -0.05) is 0 Å². The van der Waals surface area contributed by atoms with Crippen LogP contribution in [0, 0.1) is 20.7 Å². The molecule has 58 valence electrons. The Kier molecular flexibility index (Phi) is 2.38. The van der Waals surface area contributed by atoms with Crippen LogP contribution >= 0.6 is 22.6 Å². The average Bonchev–Trinajstić information content (AvgIpc) is 1.85. The van der Waals surface area contributed by atoms with Crippen molar-refractivity contribution in [2.24, 2.45) is 0 Å². The van der Waals surface area contributed by atoms with Crippen molar-refractivity contribution in [1.82, 2.24) is 4.98 Å². The van der Waals surface area contributed by atoms with E-state index in [-0.39, 0.29) is 5.69 Å². The minimum atomic E-state index is -0.432. The summed E-state index contributed by atoms with van der Waals surface area (Å²) in [7, 11) is 0. The second-order valence-corrected chi connectivity index (χ2v) is 3.10. The summed E-state index contributed by atoms with van der Waals surface area (Å²) in [5, 5.41) is 10.3. The molecule has 0 N–H and O–H groups in total. The standard InChI is InChI=1S/C6H5IN2O2/c1-4-5(9(10)11)2-3-6(7)8-4/h2-3H,1H3. The maximum absolute atomic E-state index is 10.3. The second-order valence-electron chi connectivity index (χ2n) is 2.00. The predicted octanol–water partition coefficient (Wildman–Crippen LogP) is 1.90. The first-order chi connectivity index (χ1) is 5.11. The van der Waals surface area contributed by atoms with E-state index in [0.717, 1.165) is 3.70 Å². The third-order valence-electron chi connectivity index (χ3n) is 1.22. The van der Waals surface area contributed by atoms with Crippen LogP contribution in [0.3, 0.4) is 0 Å². The Labute approximate surface area is 76.9 Å². The molecule has 0 bridgehead atoms. The van der Waals surface area contributed by atoms with E-state index in [1.54, 1.807) is 13.0 Å². The van der Waals surface area contributed by atoms with Gasteiger partial charge in [0.25, 0.3) is 5.69 Å². The van der Waals surface area contributed by atoms with Gasteiger partial charge in [-0.05, 0) is 35.6 Å². The Bertz CT molecular complexity index is 301. The molecule has 1 rings (SSSR count). The lowest BCUT2D eigenvalue weighted by molar-refractivity contribution is -0.385. The minimum Gasteiger partial charge on any atom is -0.258 e. The highest BCUT2D eigenvalue weighted by molar-refractivity contribution is 14.1. The van der Waals surface area contributed by atoms with E-state index in [4.69, 9.17) is 0 Å². The van der Waals surface area contributed by atoms with E-state index in [2.05, 4.69) is 4.98 Å². The van der Waals surface area contributed by atoms with Gasteiger partial charge in [-0.2, -0.15) is 0 Å². The van der Waals surface area contributed by atoms with Crippen molar-refractivity contribution in [3.63, 3.8) is 0 Å². The molecule has 4 nitrogen and oxygen atoms in total. The SMILES string of the molecule is Cc1nc(I)ccc1[N+](=O)[O-]. The lowest BCUT2D eigenvalue weighted by atomic mass is 10.3. The van der Waals surface area contributed by atoms with Gasteiger partial charge in [-0.25, -0.2) is 4.98 Å². The van der Waals surface area contributed by atoms with E-state index in [9.17, 15) is 10.1 Å². The van der Waals surface area contributed by atoms with E-state index < -0.39 is 4.92 Å². The smallest absolute Gasteiger partial charge is 0.258 e. The van der Waals surface area contributed by atoms with Crippen molar-refractivity contribution in [2.45, 2.75) is 6.92 Å². The van der Waals surface area contributed by atoms with Crippen LogP contribution in [0.1, 0.15) is 5.69 Å². The van der Waals surface area contributed by atoms with Crippen LogP contribution in [0.5, 0.6) is 0 Å². The van der Waals surface area contributed by atoms with Crippen LogP contribution in [-0.4, -0.2) is 9.91 Å². The van der Waals surface area contributed by atoms with E-state index in [0.29, 0.717) is 5.69 Å². The molecule has 0 atom stereocenters. The topological polar surface area (TPSA) is 56.0 Å². The highest BCUT2D eigenvalue weighted by Crippen LogP contribution is 2.15. The fourth-order valence-electron chi connectivity index (χ4n) is 0.716. The maximum atomic E-state index is 10.3. The van der Waals surface area contributed by atoms with E-state index >= 15 is 0 Å². The minimum absolute atomic E-state index is 0.0745. The van der Waals surface area contributed by atoms with E-state index in [1.807, 2.05) is 22.6 Å². The average molecular weight is 264 g/mol. The largest absolute Gasteiger partial charge is 0.290 e. The number of aryl methyl sites for hydroxylation is 1. The number of nitrogens with zero attached hydrogens (tertiary/aromatic N) is 2. The lowest BCUT2D eigenvalue weighted by Gasteiger charge is -1.94. The van der Waals surface area contributed by atoms with Crippen LogP contribution in [-0.2, 0) is 0 Å². The Morgan fingerprint density at radius 1 is 1.64 bits per heavy atom. The third kappa shape index (κ3) is 1.86. The number of hydrogen-bond acceptors (Lipinski definition) is 3. The molecule has 1 heterocycles. The molecule has 1 aromatic heterocycles. The Balaban J connectivity index is 3.20. The molecule has 0 spiro atoms. The highest BCUT2D eigenvalue weighted by Gasteiger charge is 2.09. The normalized spacial score (nSPS) is 9.64. The van der Waals surface area contributed by atoms with Crippen LogP contribution in [0.25, 0.3) is 0 Å². The van der Waals surface area contributed by atoms with Crippen molar-refractivity contribution < 1.29 is 4.92 Å². The molecule has 0 aliphatic rings. The summed E-state index contributed by atoms with van der Waals surface area (Å²) in [6.07, 6.45) is 0. The molecule has 5 heteroatoms. The first-order valence-corrected chi connectivity index (χ1v) is 3.96. The number of nitro groups is 1. The molecule has 0 saturated carbocycles. The molecule has 11 heavy (non-hydrogen) atoms. The van der Waals surface area contributed by atoms with Gasteiger partial charge in [0.15, 0.2) is 0 Å². The van der Waals surface area contributed by atoms with Gasteiger partial charge >= 0.3 is 0 Å². The Morgan fingerprint density at radius 2 is 2.27 bits per heavy atom. The molecule has 0 aliphatic heterocycles. The van der Waals surface area contributed by atoms with Crippen LogP contribution < -0.4 is 0 Å². The number of aromatic nitrogens is 1. The molecular weight excluding hydrogens is 259 g/mol. The van der Waals surface area contributed by atoms with Crippen LogP contribution in [0.4, 0.5) is 5.69 Å². The van der Waals surface area contributed by atoms with Gasteiger partial charge in [0.2, 0.25) is 0 Å². The van der Waals surface area contributed by atoms with Gasteiger partial charge in [-0.15, -0.1) is 0 Å². The highest BCUT2D eigenvalue weighted by atomic mass is 127. The summed E-state index contributed by atoms with van der Waals surface area (Å²) >= 11 is 2.01. The summed E-state index contributed by atoms with van der Waals surface area (Å²) in [6, 6.07) is 3.08. The fraction of sp³-hybridized carbons (Fsp3) is 0.167. The number of hydrogen-bond donors (Lipinski definition) is 0. The molecule has 0 radical (unpaired) electrons. The summed E-state index contributed by atoms with van der Waals surface area (Å²) < 4.78 is 0.769. The summed E-state index contributed by atoms with van der Waals surface area (Å²) in [5.74, 6) is 0. The van der Waals surface area contributed by atoms with Crippen LogP contribution in [0.2, 0.25) is 0 Å². The zero-order valence-corrected chi connectivity index (χ0v) is 7.90. The van der Waals surface area contributed by atoms with Gasteiger partial charge in [0.1, 0.15) is 9.39 Å². The first-order valence-electron chi connectivity index (χ1n) is 2.89. The predicted molar refractivity (Wildman–Crippen MR) is 48.3 cm³/mol. The Hall–Kier alpha value is -0.720. The molecule has 0 amide bonds. The second kappa shape index (κ2) is 3.12. The monoisotopic (exact) mass is 264 g/mol. The summed E-state index contributed by atoms with van der Waals surface area (Å²) in [6.45, 7) is 1.63. The first kappa shape index (κ1) is 8.38. The zero-order chi connectivity index (χ0) is 8.43. The van der Waals surface area contributed by atoms with Gasteiger partial charge in [0, 0.05) is 6.07 Å². The fourth-order valence-corrected chi connectivity index (χ4v) is 1.26. The third-order valence-corrected chi connectivity index (χ3v) is 1.82. The molecular formula is C6H5IN2O2. The number of pyridine rings is 1. The summed E-state index contributed by atoms with van der Waals surface area (Å²) in [4.78, 5) is 13.8. The quantitative estimate of drug-likeness (QED) is 0.337. The van der Waals surface area contributed by atoms with Crippen LogP contribution in [0.15, 0.2) is 12.1 Å². The lowest BCUT2D eigenvalue weighted by Crippen LogP contribution is -1.94. The molecule has 0 saturated heterocycles. The van der Waals surface area contributed by atoms with Gasteiger partial charge < -0.3 is 0 Å². The zero-order valence-electron chi connectivity index (χ0n) is 5.74. The van der Waals surface area contributed by atoms with Crippen molar-refractivity contribution in [1.29, 1.82) is 0 Å².